The Labute approximate surface area is 203 Å². The first kappa shape index (κ1) is 21.8. The molecule has 0 saturated heterocycles. The zero-order valence-electron chi connectivity index (χ0n) is 17.3. The molecule has 12 heteroatoms. The minimum atomic E-state index is -3.83. The molecule has 4 N–H and O–H groups in total. The number of rotatable bonds is 3. The Hall–Kier alpha value is -4.05. The summed E-state index contributed by atoms with van der Waals surface area (Å²) >= 11 is 3.45. The number of hydrogen-bond acceptors (Lipinski definition) is 7. The van der Waals surface area contributed by atoms with Crippen LogP contribution in [0.4, 0.5) is 5.82 Å². The third kappa shape index (κ3) is 3.71. The average molecular weight is 535 g/mol. The van der Waals surface area contributed by atoms with E-state index in [1.165, 1.54) is 29.7 Å². The molecular formula is C22H15BrN8O2S. The number of hydrogen-bond donors (Lipinski definition) is 3. The zero-order chi connectivity index (χ0) is 24.0. The van der Waals surface area contributed by atoms with Crippen molar-refractivity contribution in [3.05, 3.63) is 76.5 Å². The fraction of sp³-hybridized carbons (Fsp3) is 0. The van der Waals surface area contributed by atoms with Crippen LogP contribution in [0.15, 0.2) is 85.9 Å². The monoisotopic (exact) mass is 534 g/mol. The normalized spacial score (nSPS) is 14.9. The maximum Gasteiger partial charge on any atom is 0.238 e. The van der Waals surface area contributed by atoms with Gasteiger partial charge in [0, 0.05) is 28.1 Å². The minimum Gasteiger partial charge on any atom is -0.301 e. The van der Waals surface area contributed by atoms with Crippen LogP contribution in [0.3, 0.4) is 0 Å². The van der Waals surface area contributed by atoms with Crippen molar-refractivity contribution in [3.8, 4) is 22.9 Å². The Bertz CT molecular complexity index is 1580. The van der Waals surface area contributed by atoms with Gasteiger partial charge in [-0.15, -0.1) is 0 Å². The van der Waals surface area contributed by atoms with Crippen molar-refractivity contribution in [1.29, 1.82) is 10.7 Å². The van der Waals surface area contributed by atoms with Crippen LogP contribution in [-0.2, 0) is 10.0 Å². The van der Waals surface area contributed by atoms with E-state index in [0.29, 0.717) is 22.9 Å². The van der Waals surface area contributed by atoms with Crippen molar-refractivity contribution in [3.63, 3.8) is 0 Å². The van der Waals surface area contributed by atoms with Crippen LogP contribution in [-0.4, -0.2) is 36.0 Å². The molecule has 2 aliphatic rings. The third-order valence-electron chi connectivity index (χ3n) is 5.27. The molecule has 1 aromatic heterocycles. The lowest BCUT2D eigenvalue weighted by Gasteiger charge is -2.24. The van der Waals surface area contributed by atoms with Crippen molar-refractivity contribution >= 4 is 49.8 Å². The Kier molecular flexibility index (Phi) is 5.17. The Morgan fingerprint density at radius 2 is 1.82 bits per heavy atom. The van der Waals surface area contributed by atoms with Gasteiger partial charge in [-0.2, -0.15) is 5.26 Å². The van der Waals surface area contributed by atoms with Gasteiger partial charge in [0.2, 0.25) is 10.0 Å². The lowest BCUT2D eigenvalue weighted by Crippen LogP contribution is -2.40. The predicted octanol–water partition coefficient (Wildman–Crippen LogP) is 3.18. The summed E-state index contributed by atoms with van der Waals surface area (Å²) in [5.74, 6) is 0.751. The number of aliphatic imine (C=N–C) groups is 2. The average Bonchev–Trinajstić information content (AvgIpc) is 3.12. The van der Waals surface area contributed by atoms with Gasteiger partial charge in [0.05, 0.1) is 10.5 Å². The van der Waals surface area contributed by atoms with Gasteiger partial charge >= 0.3 is 0 Å². The molecular weight excluding hydrogens is 520 g/mol. The second kappa shape index (κ2) is 8.07. The van der Waals surface area contributed by atoms with Gasteiger partial charge < -0.3 is 4.57 Å². The molecule has 2 aliphatic heterocycles. The first-order valence-electron chi connectivity index (χ1n) is 9.78. The quantitative estimate of drug-likeness (QED) is 0.470. The fourth-order valence-electron chi connectivity index (χ4n) is 3.63. The number of aromatic nitrogens is 1. The van der Waals surface area contributed by atoms with Crippen LogP contribution in [0.1, 0.15) is 5.56 Å². The number of nitriles is 1. The van der Waals surface area contributed by atoms with E-state index in [-0.39, 0.29) is 16.3 Å². The molecule has 0 bridgehead atoms. The van der Waals surface area contributed by atoms with E-state index in [1.807, 2.05) is 41.1 Å². The second-order valence-electron chi connectivity index (χ2n) is 7.35. The maximum atomic E-state index is 11.7. The number of hydrazine groups is 1. The standard InChI is InChI=1S/C22H15BrN8O2S/c23-15-3-1-13(2-4-15)18-11-30(16-5-7-17(8-6-16)34(26,32)33)21-19(18)22-29-20(25)14(9-24)10-28-31(22)12-27-21/h1-8,10-12,25,28H,(H2,26,32,33). The van der Waals surface area contributed by atoms with Crippen molar-refractivity contribution in [2.24, 2.45) is 15.1 Å². The van der Waals surface area contributed by atoms with Crippen molar-refractivity contribution in [1.82, 2.24) is 15.0 Å². The molecule has 3 heterocycles. The molecule has 2 aromatic carbocycles. The molecule has 5 rings (SSSR count). The summed E-state index contributed by atoms with van der Waals surface area (Å²) in [4.78, 5) is 9.00. The maximum absolute atomic E-state index is 11.7. The van der Waals surface area contributed by atoms with E-state index in [2.05, 4.69) is 31.3 Å². The molecule has 0 fully saturated rings. The van der Waals surface area contributed by atoms with Crippen molar-refractivity contribution < 1.29 is 8.42 Å². The summed E-state index contributed by atoms with van der Waals surface area (Å²) < 4.78 is 26.1. The number of amidine groups is 2. The molecule has 0 aliphatic carbocycles. The van der Waals surface area contributed by atoms with Gasteiger partial charge in [-0.05, 0) is 42.0 Å². The molecule has 0 unspecified atom stereocenters. The number of fused-ring (bicyclic) bond motifs is 3. The van der Waals surface area contributed by atoms with Gasteiger partial charge in [0.15, 0.2) is 17.5 Å². The fourth-order valence-corrected chi connectivity index (χ4v) is 4.41. The van der Waals surface area contributed by atoms with Gasteiger partial charge in [0.1, 0.15) is 18.0 Å². The Morgan fingerprint density at radius 1 is 1.12 bits per heavy atom. The number of nitrogens with two attached hydrogens (primary N) is 1. The minimum absolute atomic E-state index is 0.000909. The summed E-state index contributed by atoms with van der Waals surface area (Å²) in [5.41, 5.74) is 6.00. The molecule has 0 atom stereocenters. The van der Waals surface area contributed by atoms with Crippen LogP contribution in [0.5, 0.6) is 0 Å². The van der Waals surface area contributed by atoms with E-state index in [4.69, 9.17) is 10.5 Å². The van der Waals surface area contributed by atoms with E-state index < -0.39 is 10.0 Å². The highest BCUT2D eigenvalue weighted by molar-refractivity contribution is 9.10. The van der Waals surface area contributed by atoms with Crippen LogP contribution in [0, 0.1) is 16.7 Å². The van der Waals surface area contributed by atoms with Crippen molar-refractivity contribution in [2.45, 2.75) is 4.90 Å². The highest BCUT2D eigenvalue weighted by Crippen LogP contribution is 2.39. The number of primary sulfonamides is 1. The highest BCUT2D eigenvalue weighted by atomic mass is 79.9. The second-order valence-corrected chi connectivity index (χ2v) is 9.83. The summed E-state index contributed by atoms with van der Waals surface area (Å²) in [6, 6.07) is 15.8. The molecule has 0 amide bonds. The van der Waals surface area contributed by atoms with Crippen LogP contribution < -0.4 is 10.6 Å². The number of halogens is 1. The van der Waals surface area contributed by atoms with Gasteiger partial charge in [-0.1, -0.05) is 28.1 Å². The lowest BCUT2D eigenvalue weighted by atomic mass is 10.0. The largest absolute Gasteiger partial charge is 0.301 e. The van der Waals surface area contributed by atoms with Crippen molar-refractivity contribution in [2.75, 3.05) is 0 Å². The summed E-state index contributed by atoms with van der Waals surface area (Å²) in [6.45, 7) is 0. The van der Waals surface area contributed by atoms with Crippen LogP contribution >= 0.6 is 15.9 Å². The molecule has 34 heavy (non-hydrogen) atoms. The summed E-state index contributed by atoms with van der Waals surface area (Å²) in [7, 11) is -3.83. The zero-order valence-corrected chi connectivity index (χ0v) is 19.7. The topological polar surface area (TPSA) is 153 Å². The first-order valence-corrected chi connectivity index (χ1v) is 12.1. The number of nitrogens with zero attached hydrogens (tertiary/aromatic N) is 5. The van der Waals surface area contributed by atoms with Crippen LogP contribution in [0.25, 0.3) is 16.8 Å². The molecule has 0 radical (unpaired) electrons. The lowest BCUT2D eigenvalue weighted by molar-refractivity contribution is 0.542. The van der Waals surface area contributed by atoms with Gasteiger partial charge in [-0.3, -0.25) is 10.8 Å². The number of benzene rings is 2. The Morgan fingerprint density at radius 3 is 2.47 bits per heavy atom. The highest BCUT2D eigenvalue weighted by Gasteiger charge is 2.30. The third-order valence-corrected chi connectivity index (χ3v) is 6.72. The first-order chi connectivity index (χ1) is 16.3. The summed E-state index contributed by atoms with van der Waals surface area (Å²) in [5, 5.41) is 24.3. The van der Waals surface area contributed by atoms with Gasteiger partial charge in [-0.25, -0.2) is 28.6 Å². The predicted molar refractivity (Wildman–Crippen MR) is 131 cm³/mol. The number of nitrogens with one attached hydrogen (secondary N) is 2. The number of sulfonamides is 1. The van der Waals surface area contributed by atoms with E-state index in [9.17, 15) is 13.7 Å². The van der Waals surface area contributed by atoms with Crippen LogP contribution in [0.2, 0.25) is 0 Å². The molecule has 168 valence electrons. The van der Waals surface area contributed by atoms with E-state index in [0.717, 1.165) is 15.6 Å². The van der Waals surface area contributed by atoms with E-state index >= 15 is 0 Å². The van der Waals surface area contributed by atoms with E-state index in [1.54, 1.807) is 12.1 Å². The summed E-state index contributed by atoms with van der Waals surface area (Å²) in [6.07, 6.45) is 4.78. The smallest absolute Gasteiger partial charge is 0.238 e. The Balaban J connectivity index is 1.74. The molecule has 3 aromatic rings. The molecule has 0 spiro atoms. The molecule has 0 saturated carbocycles. The van der Waals surface area contributed by atoms with Gasteiger partial charge in [0.25, 0.3) is 0 Å². The SMILES string of the molecule is N#CC1=CNN2C=Nc3c(c(-c4ccc(Br)cc4)cn3-c3ccc(S(N)(=O)=O)cc3)C2=NC1=N. The molecule has 10 nitrogen and oxygen atoms in total.